The lowest BCUT2D eigenvalue weighted by atomic mass is 9.81. The van der Waals surface area contributed by atoms with Gasteiger partial charge in [-0.05, 0) is 30.4 Å². The quantitative estimate of drug-likeness (QED) is 0.912. The maximum absolute atomic E-state index is 12.5. The number of hydrogen-bond donors (Lipinski definition) is 1. The molecule has 7 heteroatoms. The fraction of sp³-hybridized carbons (Fsp3) is 0.667. The molecule has 3 rings (SSSR count). The fourth-order valence-electron chi connectivity index (χ4n) is 3.31. The summed E-state index contributed by atoms with van der Waals surface area (Å²) in [6.07, 6.45) is -1.04. The molecule has 1 aliphatic heterocycles. The van der Waals surface area contributed by atoms with Gasteiger partial charge in [0.1, 0.15) is 0 Å². The largest absolute Gasteiger partial charge is 0.393 e. The lowest BCUT2D eigenvalue weighted by Gasteiger charge is -2.35. The van der Waals surface area contributed by atoms with Crippen LogP contribution in [0.1, 0.15) is 42.7 Å². The lowest BCUT2D eigenvalue weighted by molar-refractivity contribution is -0.178. The van der Waals surface area contributed by atoms with Crippen LogP contribution in [0.4, 0.5) is 13.2 Å². The van der Waals surface area contributed by atoms with Gasteiger partial charge in [-0.1, -0.05) is 0 Å². The Balaban J connectivity index is 1.73. The van der Waals surface area contributed by atoms with E-state index in [2.05, 4.69) is 4.98 Å². The number of nitrogens with one attached hydrogen (secondary N) is 1. The molecule has 0 radical (unpaired) electrons. The van der Waals surface area contributed by atoms with Crippen molar-refractivity contribution in [3.05, 3.63) is 33.7 Å². The number of aromatic amines is 1. The van der Waals surface area contributed by atoms with Crippen LogP contribution in [0.15, 0.2) is 17.1 Å². The van der Waals surface area contributed by atoms with Crippen molar-refractivity contribution in [1.29, 1.82) is 0 Å². The van der Waals surface area contributed by atoms with Gasteiger partial charge in [0.2, 0.25) is 0 Å². The van der Waals surface area contributed by atoms with E-state index in [9.17, 15) is 18.0 Å². The van der Waals surface area contributed by atoms with Crippen LogP contribution >= 0.6 is 0 Å². The first-order chi connectivity index (χ1) is 10.4. The Bertz CT molecular complexity index is 580. The highest BCUT2D eigenvalue weighted by Crippen LogP contribution is 2.42. The maximum atomic E-state index is 12.5. The molecule has 0 amide bonds. The van der Waals surface area contributed by atoms with E-state index in [1.165, 1.54) is 12.3 Å². The topological polar surface area (TPSA) is 51.3 Å². The number of pyridine rings is 1. The van der Waals surface area contributed by atoms with E-state index in [-0.39, 0.29) is 11.5 Å². The Kier molecular flexibility index (Phi) is 4.03. The minimum atomic E-state index is -4.38. The van der Waals surface area contributed by atoms with Gasteiger partial charge in [-0.2, -0.15) is 13.2 Å². The minimum Gasteiger partial charge on any atom is -0.348 e. The Morgan fingerprint density at radius 1 is 1.23 bits per heavy atom. The number of rotatable bonds is 2. The van der Waals surface area contributed by atoms with Crippen molar-refractivity contribution < 1.29 is 22.6 Å². The summed E-state index contributed by atoms with van der Waals surface area (Å²) in [7, 11) is 0. The van der Waals surface area contributed by atoms with Crippen molar-refractivity contribution in [1.82, 2.24) is 4.98 Å². The highest BCUT2D eigenvalue weighted by molar-refractivity contribution is 5.23. The molecule has 0 aromatic carbocycles. The van der Waals surface area contributed by atoms with E-state index in [0.717, 1.165) is 31.2 Å². The molecule has 1 N–H and O–H groups in total. The molecule has 1 spiro atoms. The van der Waals surface area contributed by atoms with Gasteiger partial charge in [-0.15, -0.1) is 0 Å². The summed E-state index contributed by atoms with van der Waals surface area (Å²) in [6.45, 7) is 1.19. The minimum absolute atomic E-state index is 0.127. The Labute approximate surface area is 125 Å². The zero-order valence-corrected chi connectivity index (χ0v) is 12.0. The van der Waals surface area contributed by atoms with Crippen molar-refractivity contribution in [2.45, 2.75) is 50.0 Å². The van der Waals surface area contributed by atoms with E-state index in [0.29, 0.717) is 13.2 Å². The van der Waals surface area contributed by atoms with Crippen LogP contribution in [0.3, 0.4) is 0 Å². The standard InChI is InChI=1S/C15H18F3NO3/c16-15(17,18)8-11-7-12(9-19-13(11)20)10-1-3-14(4-2-10)21-5-6-22-14/h7,9-10H,1-6,8H2,(H,19,20). The summed E-state index contributed by atoms with van der Waals surface area (Å²) in [5.41, 5.74) is -0.138. The molecule has 1 saturated carbocycles. The smallest absolute Gasteiger partial charge is 0.348 e. The zero-order chi connectivity index (χ0) is 15.8. The molecule has 1 aliphatic carbocycles. The Morgan fingerprint density at radius 3 is 2.45 bits per heavy atom. The number of H-pyrrole nitrogens is 1. The van der Waals surface area contributed by atoms with Crippen LogP contribution in [0, 0.1) is 0 Å². The maximum Gasteiger partial charge on any atom is 0.393 e. The van der Waals surface area contributed by atoms with Crippen molar-refractivity contribution in [3.63, 3.8) is 0 Å². The normalized spacial score (nSPS) is 22.3. The summed E-state index contributed by atoms with van der Waals surface area (Å²) in [5, 5.41) is 0. The van der Waals surface area contributed by atoms with E-state index in [1.54, 1.807) is 0 Å². The first-order valence-corrected chi connectivity index (χ1v) is 7.43. The number of halogens is 3. The Hall–Kier alpha value is -1.34. The van der Waals surface area contributed by atoms with Crippen LogP contribution < -0.4 is 5.56 Å². The van der Waals surface area contributed by atoms with E-state index in [1.807, 2.05) is 0 Å². The van der Waals surface area contributed by atoms with Crippen molar-refractivity contribution >= 4 is 0 Å². The summed E-state index contributed by atoms with van der Waals surface area (Å²) in [6, 6.07) is 1.39. The summed E-state index contributed by atoms with van der Waals surface area (Å²) >= 11 is 0. The van der Waals surface area contributed by atoms with Gasteiger partial charge < -0.3 is 14.5 Å². The number of aromatic nitrogens is 1. The van der Waals surface area contributed by atoms with Crippen molar-refractivity contribution in [2.75, 3.05) is 13.2 Å². The summed E-state index contributed by atoms with van der Waals surface area (Å²) in [4.78, 5) is 14.0. The number of hydrogen-bond acceptors (Lipinski definition) is 3. The average Bonchev–Trinajstić information content (AvgIpc) is 2.89. The molecule has 4 nitrogen and oxygen atoms in total. The van der Waals surface area contributed by atoms with Gasteiger partial charge in [0.15, 0.2) is 5.79 Å². The molecular weight excluding hydrogens is 299 g/mol. The van der Waals surface area contributed by atoms with Gasteiger partial charge >= 0.3 is 6.18 Å². The first-order valence-electron chi connectivity index (χ1n) is 7.43. The second-order valence-electron chi connectivity index (χ2n) is 5.96. The van der Waals surface area contributed by atoms with Gasteiger partial charge in [0.05, 0.1) is 19.6 Å². The molecule has 2 heterocycles. The average molecular weight is 317 g/mol. The zero-order valence-electron chi connectivity index (χ0n) is 12.0. The highest BCUT2D eigenvalue weighted by atomic mass is 19.4. The van der Waals surface area contributed by atoms with Crippen LogP contribution in [0.25, 0.3) is 0 Å². The Morgan fingerprint density at radius 2 is 1.86 bits per heavy atom. The van der Waals surface area contributed by atoms with Gasteiger partial charge in [0.25, 0.3) is 5.56 Å². The molecule has 0 bridgehead atoms. The predicted octanol–water partition coefficient (Wildman–Crippen LogP) is 2.88. The van der Waals surface area contributed by atoms with Crippen LogP contribution in [0.2, 0.25) is 0 Å². The fourth-order valence-corrected chi connectivity index (χ4v) is 3.31. The third-order valence-corrected chi connectivity index (χ3v) is 4.43. The second kappa shape index (κ2) is 5.70. The molecule has 22 heavy (non-hydrogen) atoms. The first kappa shape index (κ1) is 15.6. The molecule has 2 fully saturated rings. The van der Waals surface area contributed by atoms with Gasteiger partial charge in [-0.3, -0.25) is 4.79 Å². The SMILES string of the molecule is O=c1[nH]cc(C2CCC3(CC2)OCCO3)cc1CC(F)(F)F. The third-order valence-electron chi connectivity index (χ3n) is 4.43. The summed E-state index contributed by atoms with van der Waals surface area (Å²) in [5.74, 6) is -0.365. The molecule has 1 saturated heterocycles. The highest BCUT2D eigenvalue weighted by Gasteiger charge is 2.40. The van der Waals surface area contributed by atoms with Gasteiger partial charge in [0, 0.05) is 24.6 Å². The molecule has 0 atom stereocenters. The lowest BCUT2D eigenvalue weighted by Crippen LogP contribution is -2.34. The molecular formula is C15H18F3NO3. The van der Waals surface area contributed by atoms with Crippen molar-refractivity contribution in [3.8, 4) is 0 Å². The molecule has 2 aliphatic rings. The van der Waals surface area contributed by atoms with Crippen LogP contribution in [-0.4, -0.2) is 30.2 Å². The molecule has 122 valence electrons. The number of alkyl halides is 3. The number of ether oxygens (including phenoxy) is 2. The van der Waals surface area contributed by atoms with Crippen LogP contribution in [0.5, 0.6) is 0 Å². The molecule has 0 unspecified atom stereocenters. The molecule has 1 aromatic rings. The third kappa shape index (κ3) is 3.35. The monoisotopic (exact) mass is 317 g/mol. The van der Waals surface area contributed by atoms with Crippen LogP contribution in [-0.2, 0) is 15.9 Å². The summed E-state index contributed by atoms with van der Waals surface area (Å²) < 4.78 is 48.8. The van der Waals surface area contributed by atoms with E-state index >= 15 is 0 Å². The van der Waals surface area contributed by atoms with Gasteiger partial charge in [-0.25, -0.2) is 0 Å². The van der Waals surface area contributed by atoms with E-state index in [4.69, 9.17) is 9.47 Å². The predicted molar refractivity (Wildman–Crippen MR) is 72.7 cm³/mol. The van der Waals surface area contributed by atoms with Crippen molar-refractivity contribution in [2.24, 2.45) is 0 Å². The second-order valence-corrected chi connectivity index (χ2v) is 5.96. The van der Waals surface area contributed by atoms with E-state index < -0.39 is 23.9 Å². The molecule has 1 aromatic heterocycles.